The van der Waals surface area contributed by atoms with Crippen LogP contribution in [0.1, 0.15) is 169 Å². The maximum Gasteiger partial charge on any atom is 0.192 e. The normalized spacial score (nSPS) is 24.5. The Bertz CT molecular complexity index is 2400. The molecule has 394 valence electrons. The summed E-state index contributed by atoms with van der Waals surface area (Å²) in [5.41, 5.74) is 4.83. The van der Waals surface area contributed by atoms with Gasteiger partial charge in [0.25, 0.3) is 0 Å². The lowest BCUT2D eigenvalue weighted by Crippen LogP contribution is -2.45. The van der Waals surface area contributed by atoms with Gasteiger partial charge in [0.2, 0.25) is 0 Å². The van der Waals surface area contributed by atoms with Crippen molar-refractivity contribution in [3.8, 4) is 35.2 Å². The molecule has 2 fully saturated rings. The first kappa shape index (κ1) is 58.8. The van der Waals surface area contributed by atoms with Crippen LogP contribution in [-0.2, 0) is 36.1 Å². The number of carbonyl (C=O) groups excluding carboxylic acids is 3. The van der Waals surface area contributed by atoms with E-state index in [1.54, 1.807) is 26.8 Å². The Morgan fingerprint density at radius 3 is 1.56 bits per heavy atom. The van der Waals surface area contributed by atoms with E-state index in [0.29, 0.717) is 25.7 Å². The number of aryl methyl sites for hydroxylation is 2. The van der Waals surface area contributed by atoms with Crippen LogP contribution in [0.2, 0.25) is 36.3 Å². The second-order valence-electron chi connectivity index (χ2n) is 24.4. The van der Waals surface area contributed by atoms with Crippen molar-refractivity contribution in [1.82, 2.24) is 0 Å². The molecule has 0 radical (unpaired) electrons. The van der Waals surface area contributed by atoms with Crippen molar-refractivity contribution in [1.29, 1.82) is 0 Å². The van der Waals surface area contributed by atoms with Gasteiger partial charge in [-0.2, -0.15) is 0 Å². The third-order valence-electron chi connectivity index (χ3n) is 16.7. The molecule has 1 N–H and O–H groups in total. The van der Waals surface area contributed by atoms with E-state index in [2.05, 4.69) is 140 Å². The van der Waals surface area contributed by atoms with Crippen molar-refractivity contribution in [3.63, 3.8) is 0 Å². The van der Waals surface area contributed by atoms with Gasteiger partial charge in [-0.05, 0) is 113 Å². The van der Waals surface area contributed by atoms with E-state index in [1.807, 2.05) is 26.8 Å². The minimum Gasteiger partial charge on any atom is -0.489 e. The molecule has 72 heavy (non-hydrogen) atoms. The van der Waals surface area contributed by atoms with Crippen LogP contribution in [0.25, 0.3) is 0 Å². The summed E-state index contributed by atoms with van der Waals surface area (Å²) in [7, 11) is -4.00. The Kier molecular flexibility index (Phi) is 20.4. The highest BCUT2D eigenvalue weighted by Gasteiger charge is 2.54. The van der Waals surface area contributed by atoms with E-state index in [9.17, 15) is 19.5 Å². The predicted molar refractivity (Wildman–Crippen MR) is 299 cm³/mol. The number of hydrogen-bond acceptors (Lipinski definition) is 8. The molecule has 2 aliphatic heterocycles. The average molecular weight is 1020 g/mol. The lowest BCUT2D eigenvalue weighted by Gasteiger charge is -2.40. The Balaban J connectivity index is 0.000000267. The number of carbonyl (C=O) groups is 3. The average Bonchev–Trinajstić information content (AvgIpc) is 4.03. The van der Waals surface area contributed by atoms with Gasteiger partial charge in [0.1, 0.15) is 35.3 Å². The maximum atomic E-state index is 12.9. The molecule has 10 heteroatoms. The zero-order valence-electron chi connectivity index (χ0n) is 47.0. The minimum atomic E-state index is -2.01. The fourth-order valence-electron chi connectivity index (χ4n) is 10.2. The summed E-state index contributed by atoms with van der Waals surface area (Å²) in [5.74, 6) is 15.0. The van der Waals surface area contributed by atoms with Gasteiger partial charge in [-0.3, -0.25) is 4.79 Å². The number of fused-ring (bicyclic) bond motifs is 6. The second-order valence-corrected chi connectivity index (χ2v) is 33.9. The van der Waals surface area contributed by atoms with Crippen molar-refractivity contribution in [2.24, 2.45) is 23.7 Å². The molecule has 2 heterocycles. The summed E-state index contributed by atoms with van der Waals surface area (Å²) in [4.78, 5) is 35.8. The Labute approximate surface area is 437 Å². The van der Waals surface area contributed by atoms with E-state index < -0.39 is 22.7 Å². The number of allylic oxidation sites excluding steroid dienone is 1. The van der Waals surface area contributed by atoms with Gasteiger partial charge in [-0.1, -0.05) is 110 Å². The number of aliphatic hydroxyl groups excluding tert-OH is 1. The lowest BCUT2D eigenvalue weighted by molar-refractivity contribution is -0.118. The summed E-state index contributed by atoms with van der Waals surface area (Å²) in [6.07, 6.45) is 15.1. The molecule has 0 amide bonds. The van der Waals surface area contributed by atoms with Gasteiger partial charge in [0, 0.05) is 79.2 Å². The van der Waals surface area contributed by atoms with Crippen LogP contribution in [0.5, 0.6) is 11.5 Å². The summed E-state index contributed by atoms with van der Waals surface area (Å²) < 4.78 is 27.1. The quantitative estimate of drug-likeness (QED) is 0.0605. The topological polar surface area (TPSA) is 108 Å². The largest absolute Gasteiger partial charge is 0.489 e. The van der Waals surface area contributed by atoms with Gasteiger partial charge in [-0.15, -0.1) is 23.7 Å². The number of hydrogen-bond donors (Lipinski definition) is 1. The third-order valence-corrected chi connectivity index (χ3v) is 25.7. The first-order chi connectivity index (χ1) is 33.7. The van der Waals surface area contributed by atoms with E-state index >= 15 is 0 Å². The summed E-state index contributed by atoms with van der Waals surface area (Å²) in [5, 5.41) is 11.1. The van der Waals surface area contributed by atoms with Crippen LogP contribution in [0.15, 0.2) is 60.7 Å². The Morgan fingerprint density at radius 1 is 0.708 bits per heavy atom. The van der Waals surface area contributed by atoms with Gasteiger partial charge >= 0.3 is 0 Å². The van der Waals surface area contributed by atoms with Crippen LogP contribution in [0.4, 0.5) is 0 Å². The molecular formula is C62H90O8Si2. The maximum absolute atomic E-state index is 12.9. The molecule has 6 rings (SSSR count). The zero-order valence-corrected chi connectivity index (χ0v) is 49.0. The molecule has 0 saturated heterocycles. The van der Waals surface area contributed by atoms with Crippen LogP contribution in [0.3, 0.4) is 0 Å². The molecule has 0 aromatic heterocycles. The zero-order chi connectivity index (χ0) is 53.3. The monoisotopic (exact) mass is 1020 g/mol. The molecule has 8 nitrogen and oxygen atoms in total. The highest BCUT2D eigenvalue weighted by Crippen LogP contribution is 2.56. The van der Waals surface area contributed by atoms with Crippen LogP contribution >= 0.6 is 0 Å². The lowest BCUT2D eigenvalue weighted by atomic mass is 9.86. The molecule has 4 aliphatic rings. The molecule has 2 aromatic carbocycles. The first-order valence-corrected chi connectivity index (χ1v) is 32.8. The highest BCUT2D eigenvalue weighted by molar-refractivity contribution is 6.74. The number of rotatable bonds is 20. The van der Waals surface area contributed by atoms with Gasteiger partial charge in [-0.25, -0.2) is 0 Å². The fourth-order valence-corrected chi connectivity index (χ4v) is 13.0. The number of benzene rings is 2. The third kappa shape index (κ3) is 14.6. The van der Waals surface area contributed by atoms with E-state index in [-0.39, 0.29) is 87.3 Å². The number of ether oxygens (including phenoxy) is 2. The standard InChI is InChI=1S/C31H46O4Si.C31H44O4Si/c2*1-9-10-13-21(2)26(33)19-18-24-27(35-36(7,8)31(4,5)6)20-28-29(24)25-17-12-16-23(30(25)34-28)15-11-14-22(3)32/h12,16-19,21,24,26-29,33H,11,13-15,20H2,1-8H3;12,16-19,21,24,27-29H,11,13-15,20H2,1-8H3/b2*19-18+/t21-,24-,26+,27+,28-,29-;21-,24-,27+,28-,29-/m00/s1. The van der Waals surface area contributed by atoms with Crippen molar-refractivity contribution >= 4 is 34.0 Å². The molecule has 2 aromatic rings. The predicted octanol–water partition coefficient (Wildman–Crippen LogP) is 13.8. The molecule has 0 bridgehead atoms. The van der Waals surface area contributed by atoms with Gasteiger partial charge in [0.15, 0.2) is 22.4 Å². The summed E-state index contributed by atoms with van der Waals surface area (Å²) in [6.45, 7) is 33.7. The number of Topliss-reactive ketones (excluding diaryl/α,β-unsaturated/α-hetero) is 2. The first-order valence-electron chi connectivity index (χ1n) is 27.0. The summed E-state index contributed by atoms with van der Waals surface area (Å²) in [6, 6.07) is 12.8. The number of aliphatic hydroxyl groups is 1. The Hall–Kier alpha value is -4.04. The smallest absolute Gasteiger partial charge is 0.192 e. The van der Waals surface area contributed by atoms with Gasteiger partial charge < -0.3 is 33.0 Å². The van der Waals surface area contributed by atoms with Crippen LogP contribution in [-0.4, -0.2) is 69.6 Å². The SMILES string of the molecule is CC#CC[C@H](C)C(=O)/C=C/[C@@H]1[C@H]2c3cccc(CCCC(C)=O)c3O[C@H]2C[C@H]1O[Si](C)(C)C(C)(C)C.CC#CC[C@H](C)[C@H](O)/C=C/[C@@H]1[C@H]2c3cccc(CCCC(C)=O)c3O[C@H]2C[C@H]1O[Si](C)(C)C(C)(C)C. The van der Waals surface area contributed by atoms with E-state index in [1.165, 1.54) is 22.3 Å². The summed E-state index contributed by atoms with van der Waals surface area (Å²) >= 11 is 0. The van der Waals surface area contributed by atoms with Crippen molar-refractivity contribution < 1.29 is 37.8 Å². The van der Waals surface area contributed by atoms with Crippen LogP contribution < -0.4 is 9.47 Å². The molecular weight excluding hydrogens is 929 g/mol. The van der Waals surface area contributed by atoms with E-state index in [4.69, 9.17) is 18.3 Å². The number of ketones is 3. The fraction of sp³-hybridized carbons (Fsp3) is 0.629. The minimum absolute atomic E-state index is 0.0187. The number of para-hydroxylation sites is 2. The molecule has 0 spiro atoms. The van der Waals surface area contributed by atoms with Crippen molar-refractivity contribution in [3.05, 3.63) is 83.0 Å². The molecule has 0 unspecified atom stereocenters. The molecule has 2 aliphatic carbocycles. The van der Waals surface area contributed by atoms with Gasteiger partial charge in [0.05, 0.1) is 18.3 Å². The second kappa shape index (κ2) is 25.0. The Morgan fingerprint density at radius 2 is 1.14 bits per heavy atom. The van der Waals surface area contributed by atoms with Crippen molar-refractivity contribution in [2.45, 2.75) is 226 Å². The van der Waals surface area contributed by atoms with Crippen molar-refractivity contribution in [2.75, 3.05) is 0 Å². The highest BCUT2D eigenvalue weighted by atomic mass is 28.4. The molecule has 11 atom stereocenters. The molecule has 2 saturated carbocycles. The van der Waals surface area contributed by atoms with E-state index in [0.717, 1.165) is 50.0 Å². The van der Waals surface area contributed by atoms with Crippen LogP contribution in [0, 0.1) is 47.4 Å².